The molecule has 0 radical (unpaired) electrons. The molecule has 28 heavy (non-hydrogen) atoms. The van der Waals surface area contributed by atoms with E-state index in [4.69, 9.17) is 4.74 Å². The molecule has 2 aromatic rings. The second-order valence-electron chi connectivity index (χ2n) is 7.06. The molecule has 2 aromatic heterocycles. The molecular weight excluding hydrogens is 375 g/mol. The Bertz CT molecular complexity index is 835. The Kier molecular flexibility index (Phi) is 5.78. The fraction of sp³-hybridized carbons (Fsp3) is 0.611. The van der Waals surface area contributed by atoms with Crippen molar-refractivity contribution >= 4 is 5.91 Å². The summed E-state index contributed by atoms with van der Waals surface area (Å²) >= 11 is 0. The van der Waals surface area contributed by atoms with Crippen LogP contribution in [0.15, 0.2) is 12.3 Å². The summed E-state index contributed by atoms with van der Waals surface area (Å²) in [5, 5.41) is 3.53. The van der Waals surface area contributed by atoms with E-state index in [1.54, 1.807) is 12.0 Å². The third-order valence-corrected chi connectivity index (χ3v) is 5.07. The highest BCUT2D eigenvalue weighted by molar-refractivity contribution is 5.76. The maximum atomic E-state index is 12.8. The van der Waals surface area contributed by atoms with Gasteiger partial charge in [-0.3, -0.25) is 9.48 Å². The van der Waals surface area contributed by atoms with Crippen LogP contribution in [-0.2, 0) is 28.9 Å². The van der Waals surface area contributed by atoms with Crippen LogP contribution in [0.3, 0.4) is 0 Å². The zero-order chi connectivity index (χ0) is 20.5. The molecule has 0 aromatic carbocycles. The predicted octanol–water partition coefficient (Wildman–Crippen LogP) is 2.73. The molecule has 0 unspecified atom stereocenters. The number of hydrogen-bond acceptors (Lipinski definition) is 4. The van der Waals surface area contributed by atoms with E-state index < -0.39 is 11.9 Å². The Balaban J connectivity index is 1.62. The smallest absolute Gasteiger partial charge is 0.377 e. The number of alkyl halides is 3. The monoisotopic (exact) mass is 399 g/mol. The second kappa shape index (κ2) is 7.94. The highest BCUT2D eigenvalue weighted by Gasteiger charge is 2.35. The summed E-state index contributed by atoms with van der Waals surface area (Å²) in [6, 6.07) is 1.18. The fourth-order valence-electron chi connectivity index (χ4n) is 3.64. The predicted molar refractivity (Wildman–Crippen MR) is 94.5 cm³/mol. The summed E-state index contributed by atoms with van der Waals surface area (Å²) in [6.07, 6.45) is -1.19. The molecule has 0 saturated carbocycles. The lowest BCUT2D eigenvalue weighted by Crippen LogP contribution is -2.41. The number of hydrogen-bond donors (Lipinski definition) is 0. The molecule has 1 fully saturated rings. The Morgan fingerprint density at radius 3 is 2.50 bits per heavy atom. The van der Waals surface area contributed by atoms with Crippen molar-refractivity contribution < 1.29 is 22.7 Å². The van der Waals surface area contributed by atoms with Crippen molar-refractivity contribution in [3.05, 3.63) is 35.2 Å². The number of imidazole rings is 1. The number of ether oxygens (including phenoxy) is 1. The normalized spacial score (nSPS) is 16.0. The summed E-state index contributed by atoms with van der Waals surface area (Å²) in [5.41, 5.74) is 0.384. The Labute approximate surface area is 161 Å². The lowest BCUT2D eigenvalue weighted by atomic mass is 10.0. The molecule has 154 valence electrons. The van der Waals surface area contributed by atoms with Gasteiger partial charge in [0.05, 0.1) is 0 Å². The molecule has 1 saturated heterocycles. The van der Waals surface area contributed by atoms with Gasteiger partial charge in [0.1, 0.15) is 19.0 Å². The molecule has 0 spiro atoms. The number of likely N-dealkylation sites (tertiary alicyclic amines) is 1. The van der Waals surface area contributed by atoms with Gasteiger partial charge in [0, 0.05) is 43.8 Å². The third-order valence-electron chi connectivity index (χ3n) is 5.07. The summed E-state index contributed by atoms with van der Waals surface area (Å²) in [5.74, 6) is 0.634. The van der Waals surface area contributed by atoms with E-state index in [0.29, 0.717) is 25.4 Å². The van der Waals surface area contributed by atoms with Crippen LogP contribution in [0.25, 0.3) is 0 Å². The summed E-state index contributed by atoms with van der Waals surface area (Å²) in [7, 11) is 1.62. The first kappa shape index (κ1) is 20.4. The molecule has 0 bridgehead atoms. The third kappa shape index (κ3) is 4.21. The number of halogens is 3. The van der Waals surface area contributed by atoms with Crippen molar-refractivity contribution in [3.63, 3.8) is 0 Å². The van der Waals surface area contributed by atoms with Gasteiger partial charge in [-0.25, -0.2) is 4.98 Å². The van der Waals surface area contributed by atoms with Gasteiger partial charge in [-0.15, -0.1) is 0 Å². The Hall–Kier alpha value is -2.36. The van der Waals surface area contributed by atoms with Gasteiger partial charge in [0.15, 0.2) is 5.69 Å². The zero-order valence-corrected chi connectivity index (χ0v) is 16.2. The summed E-state index contributed by atoms with van der Waals surface area (Å²) in [4.78, 5) is 18.6. The number of methoxy groups -OCH3 is 1. The molecule has 3 heterocycles. The number of piperidine rings is 1. The van der Waals surface area contributed by atoms with E-state index in [0.717, 1.165) is 35.1 Å². The van der Waals surface area contributed by atoms with Crippen molar-refractivity contribution in [2.24, 2.45) is 0 Å². The Morgan fingerprint density at radius 2 is 1.93 bits per heavy atom. The van der Waals surface area contributed by atoms with Crippen molar-refractivity contribution in [2.75, 3.05) is 20.2 Å². The van der Waals surface area contributed by atoms with Gasteiger partial charge < -0.3 is 14.2 Å². The highest BCUT2D eigenvalue weighted by Crippen LogP contribution is 2.29. The number of aromatic nitrogens is 4. The number of amides is 1. The van der Waals surface area contributed by atoms with E-state index in [2.05, 4.69) is 14.6 Å². The minimum Gasteiger partial charge on any atom is -0.377 e. The number of aryl methyl sites for hydroxylation is 2. The van der Waals surface area contributed by atoms with Crippen LogP contribution in [0.2, 0.25) is 0 Å². The van der Waals surface area contributed by atoms with E-state index in [-0.39, 0.29) is 18.5 Å². The van der Waals surface area contributed by atoms with Crippen LogP contribution in [0.4, 0.5) is 13.2 Å². The Morgan fingerprint density at radius 1 is 1.25 bits per heavy atom. The number of rotatable bonds is 5. The van der Waals surface area contributed by atoms with Gasteiger partial charge >= 0.3 is 6.18 Å². The topological polar surface area (TPSA) is 65.2 Å². The zero-order valence-electron chi connectivity index (χ0n) is 16.2. The van der Waals surface area contributed by atoms with Gasteiger partial charge in [0.25, 0.3) is 0 Å². The first-order valence-electron chi connectivity index (χ1n) is 9.11. The van der Waals surface area contributed by atoms with Gasteiger partial charge in [-0.05, 0) is 32.8 Å². The lowest BCUT2D eigenvalue weighted by Gasteiger charge is -2.34. The van der Waals surface area contributed by atoms with E-state index in [1.165, 1.54) is 6.92 Å². The summed E-state index contributed by atoms with van der Waals surface area (Å²) < 4.78 is 46.8. The van der Waals surface area contributed by atoms with Crippen LogP contribution in [-0.4, -0.2) is 50.3 Å². The fourth-order valence-corrected chi connectivity index (χ4v) is 3.64. The van der Waals surface area contributed by atoms with Crippen LogP contribution in [0.1, 0.15) is 41.8 Å². The van der Waals surface area contributed by atoms with E-state index in [9.17, 15) is 18.0 Å². The number of carbonyl (C=O) groups excluding carboxylic acids is 1. The average molecular weight is 399 g/mol. The maximum absolute atomic E-state index is 12.8. The van der Waals surface area contributed by atoms with Crippen molar-refractivity contribution in [1.82, 2.24) is 24.2 Å². The molecule has 1 aliphatic heterocycles. The first-order chi connectivity index (χ1) is 13.2. The molecule has 0 aliphatic carbocycles. The second-order valence-corrected chi connectivity index (χ2v) is 7.06. The molecule has 1 aliphatic rings. The SMILES string of the molecule is COCc1ncc(C)n1C1CCN(C(=O)Cn2nc(C(F)(F)F)cc2C)CC1. The quantitative estimate of drug-likeness (QED) is 0.776. The molecule has 1 amide bonds. The van der Waals surface area contributed by atoms with Gasteiger partial charge in [-0.1, -0.05) is 0 Å². The maximum Gasteiger partial charge on any atom is 0.435 e. The minimum atomic E-state index is -4.51. The van der Waals surface area contributed by atoms with Crippen LogP contribution in [0.5, 0.6) is 0 Å². The van der Waals surface area contributed by atoms with Crippen molar-refractivity contribution in [1.29, 1.82) is 0 Å². The minimum absolute atomic E-state index is 0.189. The lowest BCUT2D eigenvalue weighted by molar-refractivity contribution is -0.142. The van der Waals surface area contributed by atoms with Crippen LogP contribution < -0.4 is 0 Å². The van der Waals surface area contributed by atoms with Crippen molar-refractivity contribution in [2.45, 2.75) is 52.1 Å². The van der Waals surface area contributed by atoms with Crippen molar-refractivity contribution in [3.8, 4) is 0 Å². The van der Waals surface area contributed by atoms with E-state index in [1.807, 2.05) is 13.1 Å². The van der Waals surface area contributed by atoms with Gasteiger partial charge in [0.2, 0.25) is 5.91 Å². The standard InChI is InChI=1S/C18H24F3N5O2/c1-12-8-15(18(19,20)21)23-25(12)10-17(27)24-6-4-14(5-7-24)26-13(2)9-22-16(26)11-28-3/h8-9,14H,4-7,10-11H2,1-3H3. The molecule has 10 heteroatoms. The van der Waals surface area contributed by atoms with Crippen LogP contribution >= 0.6 is 0 Å². The number of carbonyl (C=O) groups is 1. The molecule has 7 nitrogen and oxygen atoms in total. The molecule has 3 rings (SSSR count). The van der Waals surface area contributed by atoms with Gasteiger partial charge in [-0.2, -0.15) is 18.3 Å². The molecular formula is C18H24F3N5O2. The van der Waals surface area contributed by atoms with Crippen LogP contribution in [0, 0.1) is 13.8 Å². The first-order valence-corrected chi connectivity index (χ1v) is 9.11. The molecule has 0 atom stereocenters. The average Bonchev–Trinajstić information content (AvgIpc) is 3.18. The molecule has 0 N–H and O–H groups in total. The number of nitrogens with zero attached hydrogens (tertiary/aromatic N) is 5. The highest BCUT2D eigenvalue weighted by atomic mass is 19.4. The van der Waals surface area contributed by atoms with E-state index >= 15 is 0 Å². The summed E-state index contributed by atoms with van der Waals surface area (Å²) in [6.45, 7) is 4.82. The largest absolute Gasteiger partial charge is 0.435 e.